The summed E-state index contributed by atoms with van der Waals surface area (Å²) in [6, 6.07) is 8.27. The zero-order valence-electron chi connectivity index (χ0n) is 15.6. The van der Waals surface area contributed by atoms with Crippen molar-refractivity contribution in [2.45, 2.75) is 32.2 Å². The predicted octanol–water partition coefficient (Wildman–Crippen LogP) is 3.81. The molecule has 0 saturated carbocycles. The second-order valence-electron chi connectivity index (χ2n) is 6.26. The van der Waals surface area contributed by atoms with E-state index in [-0.39, 0.29) is 30.7 Å². The SMILES string of the molecule is CCOc1ccc(-c2nc(CC(=O)N(C)C3CCNCC3)cs2)cc1.Cl.Cl. The van der Waals surface area contributed by atoms with Crippen molar-refractivity contribution in [2.24, 2.45) is 0 Å². The molecule has 1 aromatic carbocycles. The summed E-state index contributed by atoms with van der Waals surface area (Å²) in [6.07, 6.45) is 2.42. The van der Waals surface area contributed by atoms with E-state index in [1.807, 2.05) is 48.5 Å². The van der Waals surface area contributed by atoms with Gasteiger partial charge in [0.2, 0.25) is 5.91 Å². The molecule has 1 saturated heterocycles. The Bertz CT molecular complexity index is 703. The lowest BCUT2D eigenvalue weighted by Crippen LogP contribution is -2.44. The van der Waals surface area contributed by atoms with Crippen molar-refractivity contribution in [1.82, 2.24) is 15.2 Å². The molecule has 3 rings (SSSR count). The summed E-state index contributed by atoms with van der Waals surface area (Å²) in [5.41, 5.74) is 1.90. The molecule has 1 aliphatic rings. The maximum Gasteiger partial charge on any atom is 0.228 e. The summed E-state index contributed by atoms with van der Waals surface area (Å²) in [6.45, 7) is 4.61. The van der Waals surface area contributed by atoms with E-state index < -0.39 is 0 Å². The van der Waals surface area contributed by atoms with Gasteiger partial charge in [-0.2, -0.15) is 0 Å². The fourth-order valence-corrected chi connectivity index (χ4v) is 3.88. The summed E-state index contributed by atoms with van der Waals surface area (Å²) in [5, 5.41) is 6.26. The number of nitrogens with zero attached hydrogens (tertiary/aromatic N) is 2. The molecular weight excluding hydrogens is 405 g/mol. The highest BCUT2D eigenvalue weighted by molar-refractivity contribution is 7.13. The average Bonchev–Trinajstić information content (AvgIpc) is 3.11. The van der Waals surface area contributed by atoms with Gasteiger partial charge in [-0.3, -0.25) is 4.79 Å². The van der Waals surface area contributed by atoms with Gasteiger partial charge in [-0.1, -0.05) is 0 Å². The summed E-state index contributed by atoms with van der Waals surface area (Å²) >= 11 is 1.58. The summed E-state index contributed by atoms with van der Waals surface area (Å²) in [5.74, 6) is 1.01. The number of rotatable bonds is 6. The van der Waals surface area contributed by atoms with Gasteiger partial charge in [-0.15, -0.1) is 36.2 Å². The standard InChI is InChI=1S/C19H25N3O2S.2ClH/c1-3-24-17-6-4-14(5-7-17)19-21-15(13-25-19)12-18(23)22(2)16-8-10-20-11-9-16;;/h4-7,13,16,20H,3,8-12H2,1-2H3;2*1H. The summed E-state index contributed by atoms with van der Waals surface area (Å²) in [7, 11) is 1.91. The number of piperidine rings is 1. The number of ether oxygens (including phenoxy) is 1. The number of nitrogens with one attached hydrogen (secondary N) is 1. The number of likely N-dealkylation sites (N-methyl/N-ethyl adjacent to an activating group) is 1. The van der Waals surface area contributed by atoms with Gasteiger partial charge in [0.05, 0.1) is 18.7 Å². The molecule has 27 heavy (non-hydrogen) atoms. The number of amides is 1. The highest BCUT2D eigenvalue weighted by Gasteiger charge is 2.22. The number of hydrogen-bond donors (Lipinski definition) is 1. The smallest absolute Gasteiger partial charge is 0.228 e. The van der Waals surface area contributed by atoms with E-state index in [4.69, 9.17) is 4.74 Å². The molecule has 8 heteroatoms. The third-order valence-electron chi connectivity index (χ3n) is 4.55. The minimum absolute atomic E-state index is 0. The van der Waals surface area contributed by atoms with Crippen LogP contribution in [0.3, 0.4) is 0 Å². The van der Waals surface area contributed by atoms with Crippen LogP contribution in [0.5, 0.6) is 5.75 Å². The first-order valence-electron chi connectivity index (χ1n) is 8.81. The fraction of sp³-hybridized carbons (Fsp3) is 0.474. The first-order valence-corrected chi connectivity index (χ1v) is 9.69. The normalized spacial score (nSPS) is 14.0. The Morgan fingerprint density at radius 1 is 1.26 bits per heavy atom. The third-order valence-corrected chi connectivity index (χ3v) is 5.49. The Morgan fingerprint density at radius 2 is 1.93 bits per heavy atom. The van der Waals surface area contributed by atoms with Crippen molar-refractivity contribution in [3.63, 3.8) is 0 Å². The van der Waals surface area contributed by atoms with Crippen molar-refractivity contribution < 1.29 is 9.53 Å². The summed E-state index contributed by atoms with van der Waals surface area (Å²) in [4.78, 5) is 19.1. The van der Waals surface area contributed by atoms with Gasteiger partial charge in [0, 0.05) is 24.0 Å². The molecule has 1 aliphatic heterocycles. The van der Waals surface area contributed by atoms with Crippen LogP contribution in [-0.2, 0) is 11.2 Å². The van der Waals surface area contributed by atoms with Gasteiger partial charge in [-0.05, 0) is 57.1 Å². The molecule has 2 heterocycles. The second-order valence-corrected chi connectivity index (χ2v) is 7.12. The van der Waals surface area contributed by atoms with Crippen molar-refractivity contribution in [2.75, 3.05) is 26.7 Å². The Hall–Kier alpha value is -1.34. The number of halogens is 2. The Morgan fingerprint density at radius 3 is 2.56 bits per heavy atom. The number of aromatic nitrogens is 1. The maximum atomic E-state index is 12.5. The van der Waals surface area contributed by atoms with Crippen LogP contribution >= 0.6 is 36.2 Å². The number of benzene rings is 1. The van der Waals surface area contributed by atoms with Crippen LogP contribution in [0.2, 0.25) is 0 Å². The van der Waals surface area contributed by atoms with E-state index in [9.17, 15) is 4.79 Å². The molecule has 0 aliphatic carbocycles. The van der Waals surface area contributed by atoms with Gasteiger partial charge < -0.3 is 15.0 Å². The Kier molecular flexibility index (Phi) is 10.1. The molecule has 0 atom stereocenters. The van der Waals surface area contributed by atoms with Crippen LogP contribution in [0.4, 0.5) is 0 Å². The largest absolute Gasteiger partial charge is 0.494 e. The van der Waals surface area contributed by atoms with Crippen LogP contribution in [0.25, 0.3) is 10.6 Å². The monoisotopic (exact) mass is 431 g/mol. The van der Waals surface area contributed by atoms with Gasteiger partial charge in [0.1, 0.15) is 10.8 Å². The molecule has 2 aromatic rings. The van der Waals surface area contributed by atoms with E-state index in [0.29, 0.717) is 19.1 Å². The zero-order valence-corrected chi connectivity index (χ0v) is 18.1. The van der Waals surface area contributed by atoms with E-state index in [2.05, 4.69) is 10.3 Å². The third kappa shape index (κ3) is 6.35. The van der Waals surface area contributed by atoms with Gasteiger partial charge in [0.25, 0.3) is 0 Å². The van der Waals surface area contributed by atoms with Crippen molar-refractivity contribution in [3.05, 3.63) is 35.3 Å². The molecule has 0 bridgehead atoms. The molecule has 0 unspecified atom stereocenters. The van der Waals surface area contributed by atoms with Crippen LogP contribution in [0.15, 0.2) is 29.6 Å². The number of carbonyl (C=O) groups is 1. The summed E-state index contributed by atoms with van der Waals surface area (Å²) < 4.78 is 5.47. The van der Waals surface area contributed by atoms with Crippen LogP contribution in [0, 0.1) is 0 Å². The number of hydrogen-bond acceptors (Lipinski definition) is 5. The quantitative estimate of drug-likeness (QED) is 0.755. The minimum atomic E-state index is 0. The fourth-order valence-electron chi connectivity index (χ4n) is 3.06. The van der Waals surface area contributed by atoms with E-state index in [1.165, 1.54) is 0 Å². The minimum Gasteiger partial charge on any atom is -0.494 e. The molecule has 0 spiro atoms. The first kappa shape index (κ1) is 23.7. The van der Waals surface area contributed by atoms with Crippen LogP contribution < -0.4 is 10.1 Å². The molecule has 1 N–H and O–H groups in total. The van der Waals surface area contributed by atoms with E-state index >= 15 is 0 Å². The highest BCUT2D eigenvalue weighted by atomic mass is 35.5. The molecule has 1 amide bonds. The highest BCUT2D eigenvalue weighted by Crippen LogP contribution is 2.26. The van der Waals surface area contributed by atoms with E-state index in [0.717, 1.165) is 47.9 Å². The van der Waals surface area contributed by atoms with Gasteiger partial charge in [0.15, 0.2) is 0 Å². The zero-order chi connectivity index (χ0) is 17.6. The number of thiazole rings is 1. The number of carbonyl (C=O) groups excluding carboxylic acids is 1. The predicted molar refractivity (Wildman–Crippen MR) is 116 cm³/mol. The van der Waals surface area contributed by atoms with Crippen LogP contribution in [0.1, 0.15) is 25.5 Å². The van der Waals surface area contributed by atoms with Crippen molar-refractivity contribution >= 4 is 42.1 Å². The lowest BCUT2D eigenvalue weighted by molar-refractivity contribution is -0.131. The molecular formula is C19H27Cl2N3O2S. The Labute approximate surface area is 177 Å². The molecule has 5 nitrogen and oxygen atoms in total. The van der Waals surface area contributed by atoms with Gasteiger partial charge >= 0.3 is 0 Å². The first-order chi connectivity index (χ1) is 12.2. The lowest BCUT2D eigenvalue weighted by Gasteiger charge is -2.31. The molecule has 0 radical (unpaired) electrons. The Balaban J connectivity index is 0.00000182. The molecule has 1 fully saturated rings. The maximum absolute atomic E-state index is 12.5. The van der Waals surface area contributed by atoms with Crippen molar-refractivity contribution in [1.29, 1.82) is 0 Å². The second kappa shape index (κ2) is 11.5. The van der Waals surface area contributed by atoms with Crippen molar-refractivity contribution in [3.8, 4) is 16.3 Å². The topological polar surface area (TPSA) is 54.5 Å². The molecule has 150 valence electrons. The van der Waals surface area contributed by atoms with Crippen LogP contribution in [-0.4, -0.2) is 48.6 Å². The molecule has 1 aromatic heterocycles. The average molecular weight is 432 g/mol. The lowest BCUT2D eigenvalue weighted by atomic mass is 10.0. The van der Waals surface area contributed by atoms with E-state index in [1.54, 1.807) is 11.3 Å². The van der Waals surface area contributed by atoms with Gasteiger partial charge in [-0.25, -0.2) is 4.98 Å².